The van der Waals surface area contributed by atoms with Gasteiger partial charge in [-0.15, -0.1) is 0 Å². The van der Waals surface area contributed by atoms with Crippen molar-refractivity contribution in [3.63, 3.8) is 0 Å². The minimum absolute atomic E-state index is 0.138. The maximum atomic E-state index is 10.6. The monoisotopic (exact) mass is 224 g/mol. The molecule has 0 aliphatic rings. The lowest BCUT2D eigenvalue weighted by molar-refractivity contribution is -0.142. The average Bonchev–Trinajstić information content (AvgIpc) is 2.27. The predicted molar refractivity (Wildman–Crippen MR) is 59.9 cm³/mol. The van der Waals surface area contributed by atoms with Gasteiger partial charge in [-0.1, -0.05) is 12.1 Å². The Hall–Kier alpha value is -1.71. The highest BCUT2D eigenvalue weighted by Crippen LogP contribution is 2.26. The number of carboxylic acid groups (broad SMARTS) is 1. The molecular weight excluding hydrogens is 208 g/mol. The highest BCUT2D eigenvalue weighted by atomic mass is 16.5. The third kappa shape index (κ3) is 3.46. The van der Waals surface area contributed by atoms with Crippen molar-refractivity contribution in [2.45, 2.75) is 13.8 Å². The standard InChI is InChI=1S/C12H16O4/c1-3-15-10-6-4-5-7-11(10)16-8-9(2)12(13)14/h4-7,9H,3,8H2,1-2H3,(H,13,14). The van der Waals surface area contributed by atoms with E-state index >= 15 is 0 Å². The molecule has 88 valence electrons. The second-order valence-electron chi connectivity index (χ2n) is 3.43. The number of ether oxygens (including phenoxy) is 2. The number of para-hydroxylation sites is 2. The first-order valence-corrected chi connectivity index (χ1v) is 5.22. The van der Waals surface area contributed by atoms with Crippen LogP contribution < -0.4 is 9.47 Å². The molecule has 0 saturated heterocycles. The first kappa shape index (κ1) is 12.4. The van der Waals surface area contributed by atoms with Crippen molar-refractivity contribution in [1.82, 2.24) is 0 Å². The van der Waals surface area contributed by atoms with Crippen molar-refractivity contribution in [3.05, 3.63) is 24.3 Å². The zero-order valence-electron chi connectivity index (χ0n) is 9.47. The highest BCUT2D eigenvalue weighted by Gasteiger charge is 2.12. The van der Waals surface area contributed by atoms with E-state index in [1.807, 2.05) is 19.1 Å². The van der Waals surface area contributed by atoms with Crippen molar-refractivity contribution in [2.24, 2.45) is 5.92 Å². The van der Waals surface area contributed by atoms with Gasteiger partial charge in [-0.25, -0.2) is 0 Å². The number of benzene rings is 1. The lowest BCUT2D eigenvalue weighted by Gasteiger charge is -2.13. The van der Waals surface area contributed by atoms with E-state index in [0.29, 0.717) is 18.1 Å². The molecule has 4 nitrogen and oxygen atoms in total. The Morgan fingerprint density at radius 2 is 1.88 bits per heavy atom. The van der Waals surface area contributed by atoms with Gasteiger partial charge < -0.3 is 14.6 Å². The van der Waals surface area contributed by atoms with Crippen LogP contribution in [0.1, 0.15) is 13.8 Å². The fourth-order valence-corrected chi connectivity index (χ4v) is 1.13. The van der Waals surface area contributed by atoms with Crippen molar-refractivity contribution in [3.8, 4) is 11.5 Å². The van der Waals surface area contributed by atoms with E-state index in [1.54, 1.807) is 19.1 Å². The first-order chi connectivity index (χ1) is 7.65. The van der Waals surface area contributed by atoms with Gasteiger partial charge in [0.2, 0.25) is 0 Å². The summed E-state index contributed by atoms with van der Waals surface area (Å²) in [5.74, 6) is -0.177. The second-order valence-corrected chi connectivity index (χ2v) is 3.43. The Bertz CT molecular complexity index is 349. The zero-order valence-corrected chi connectivity index (χ0v) is 9.47. The summed E-state index contributed by atoms with van der Waals surface area (Å²) in [7, 11) is 0. The summed E-state index contributed by atoms with van der Waals surface area (Å²) in [6, 6.07) is 7.23. The highest BCUT2D eigenvalue weighted by molar-refractivity contribution is 5.69. The van der Waals surface area contributed by atoms with Crippen LogP contribution in [0.25, 0.3) is 0 Å². The summed E-state index contributed by atoms with van der Waals surface area (Å²) in [5, 5.41) is 8.72. The van der Waals surface area contributed by atoms with E-state index in [9.17, 15) is 4.79 Å². The molecule has 4 heteroatoms. The zero-order chi connectivity index (χ0) is 12.0. The lowest BCUT2D eigenvalue weighted by atomic mass is 10.2. The fraction of sp³-hybridized carbons (Fsp3) is 0.417. The van der Waals surface area contributed by atoms with Gasteiger partial charge in [0.25, 0.3) is 0 Å². The van der Waals surface area contributed by atoms with Crippen LogP contribution in [-0.2, 0) is 4.79 Å². The molecule has 0 spiro atoms. The summed E-state index contributed by atoms with van der Waals surface area (Å²) in [4.78, 5) is 10.6. The predicted octanol–water partition coefficient (Wildman–Crippen LogP) is 2.18. The van der Waals surface area contributed by atoms with Crippen LogP contribution in [0, 0.1) is 5.92 Å². The molecule has 0 amide bonds. The number of hydrogen-bond acceptors (Lipinski definition) is 3. The van der Waals surface area contributed by atoms with E-state index in [1.165, 1.54) is 0 Å². The van der Waals surface area contributed by atoms with E-state index in [0.717, 1.165) is 0 Å². The molecule has 0 bridgehead atoms. The molecule has 16 heavy (non-hydrogen) atoms. The van der Waals surface area contributed by atoms with Crippen molar-refractivity contribution < 1.29 is 19.4 Å². The number of aliphatic carboxylic acids is 1. The minimum Gasteiger partial charge on any atom is -0.490 e. The third-order valence-corrected chi connectivity index (χ3v) is 2.06. The van der Waals surface area contributed by atoms with Crippen LogP contribution >= 0.6 is 0 Å². The summed E-state index contributed by atoms with van der Waals surface area (Å²) in [6.07, 6.45) is 0. The molecule has 1 atom stereocenters. The normalized spacial score (nSPS) is 11.9. The van der Waals surface area contributed by atoms with Crippen LogP contribution in [0.2, 0.25) is 0 Å². The quantitative estimate of drug-likeness (QED) is 0.804. The summed E-state index contributed by atoms with van der Waals surface area (Å²) >= 11 is 0. The van der Waals surface area contributed by atoms with Crippen LogP contribution in [0.15, 0.2) is 24.3 Å². The first-order valence-electron chi connectivity index (χ1n) is 5.22. The molecule has 0 saturated carbocycles. The number of carbonyl (C=O) groups is 1. The molecule has 0 aromatic heterocycles. The molecule has 1 rings (SSSR count). The molecule has 1 unspecified atom stereocenters. The maximum Gasteiger partial charge on any atom is 0.309 e. The van der Waals surface area contributed by atoms with Crippen LogP contribution in [0.4, 0.5) is 0 Å². The molecule has 1 N–H and O–H groups in total. The van der Waals surface area contributed by atoms with Crippen LogP contribution in [-0.4, -0.2) is 24.3 Å². The second kappa shape index (κ2) is 6.00. The number of rotatable bonds is 6. The van der Waals surface area contributed by atoms with Crippen molar-refractivity contribution >= 4 is 5.97 Å². The van der Waals surface area contributed by atoms with Crippen LogP contribution in [0.5, 0.6) is 11.5 Å². The molecular formula is C12H16O4. The average molecular weight is 224 g/mol. The topological polar surface area (TPSA) is 55.8 Å². The van der Waals surface area contributed by atoms with Gasteiger partial charge in [0.1, 0.15) is 6.61 Å². The molecule has 1 aromatic carbocycles. The van der Waals surface area contributed by atoms with E-state index in [4.69, 9.17) is 14.6 Å². The fourth-order valence-electron chi connectivity index (χ4n) is 1.13. The summed E-state index contributed by atoms with van der Waals surface area (Å²) < 4.78 is 10.8. The van der Waals surface area contributed by atoms with E-state index in [-0.39, 0.29) is 6.61 Å². The van der Waals surface area contributed by atoms with Gasteiger partial charge in [-0.2, -0.15) is 0 Å². The van der Waals surface area contributed by atoms with E-state index < -0.39 is 11.9 Å². The molecule has 0 heterocycles. The summed E-state index contributed by atoms with van der Waals surface area (Å²) in [6.45, 7) is 4.18. The smallest absolute Gasteiger partial charge is 0.309 e. The van der Waals surface area contributed by atoms with Gasteiger partial charge in [0, 0.05) is 0 Å². The van der Waals surface area contributed by atoms with Crippen LogP contribution in [0.3, 0.4) is 0 Å². The Balaban J connectivity index is 2.62. The Morgan fingerprint density at radius 3 is 2.38 bits per heavy atom. The van der Waals surface area contributed by atoms with Gasteiger partial charge in [0.15, 0.2) is 11.5 Å². The minimum atomic E-state index is -0.867. The van der Waals surface area contributed by atoms with Crippen molar-refractivity contribution in [2.75, 3.05) is 13.2 Å². The van der Waals surface area contributed by atoms with Crippen molar-refractivity contribution in [1.29, 1.82) is 0 Å². The summed E-state index contributed by atoms with van der Waals surface area (Å²) in [5.41, 5.74) is 0. The molecule has 1 aromatic rings. The van der Waals surface area contributed by atoms with Gasteiger partial charge in [0.05, 0.1) is 12.5 Å². The Labute approximate surface area is 94.8 Å². The SMILES string of the molecule is CCOc1ccccc1OCC(C)C(=O)O. The van der Waals surface area contributed by atoms with Gasteiger partial charge >= 0.3 is 5.97 Å². The largest absolute Gasteiger partial charge is 0.490 e. The molecule has 0 aliphatic carbocycles. The number of carboxylic acids is 1. The maximum absolute atomic E-state index is 10.6. The lowest BCUT2D eigenvalue weighted by Crippen LogP contribution is -2.18. The molecule has 0 radical (unpaired) electrons. The van der Waals surface area contributed by atoms with Gasteiger partial charge in [-0.05, 0) is 26.0 Å². The Kier molecular flexibility index (Phi) is 4.64. The number of hydrogen-bond donors (Lipinski definition) is 1. The molecule has 0 aliphatic heterocycles. The molecule has 0 fully saturated rings. The van der Waals surface area contributed by atoms with E-state index in [2.05, 4.69) is 0 Å². The Morgan fingerprint density at radius 1 is 1.31 bits per heavy atom. The third-order valence-electron chi connectivity index (χ3n) is 2.06. The van der Waals surface area contributed by atoms with Gasteiger partial charge in [-0.3, -0.25) is 4.79 Å².